The first-order valence-corrected chi connectivity index (χ1v) is 10.3. The summed E-state index contributed by atoms with van der Waals surface area (Å²) < 4.78 is 22.2. The number of hydrogen-bond acceptors (Lipinski definition) is 5. The van der Waals surface area contributed by atoms with Gasteiger partial charge in [0.25, 0.3) is 5.91 Å². The van der Waals surface area contributed by atoms with Gasteiger partial charge in [-0.25, -0.2) is 0 Å². The van der Waals surface area contributed by atoms with E-state index in [9.17, 15) is 4.79 Å². The first-order valence-electron chi connectivity index (χ1n) is 9.53. The number of benzene rings is 3. The molecule has 0 aromatic heterocycles. The van der Waals surface area contributed by atoms with Crippen LogP contribution in [0.15, 0.2) is 60.7 Å². The second kappa shape index (κ2) is 7.87. The van der Waals surface area contributed by atoms with Gasteiger partial charge in [0.05, 0.1) is 12.1 Å². The number of nitrogens with zero attached hydrogens (tertiary/aromatic N) is 1. The van der Waals surface area contributed by atoms with Crippen molar-refractivity contribution in [3.8, 4) is 23.0 Å². The summed E-state index contributed by atoms with van der Waals surface area (Å²) in [6.45, 7) is 0.172. The van der Waals surface area contributed by atoms with Gasteiger partial charge < -0.3 is 18.9 Å². The van der Waals surface area contributed by atoms with E-state index >= 15 is 0 Å². The molecular weight excluding hydrogens is 441 g/mol. The van der Waals surface area contributed by atoms with Gasteiger partial charge in [0.2, 0.25) is 12.9 Å². The molecule has 1 fully saturated rings. The minimum Gasteiger partial charge on any atom is -0.497 e. The van der Waals surface area contributed by atoms with Crippen LogP contribution in [0.25, 0.3) is 0 Å². The van der Waals surface area contributed by atoms with Gasteiger partial charge in [-0.15, -0.1) is 0 Å². The molecule has 5 rings (SSSR count). The van der Waals surface area contributed by atoms with E-state index in [1.807, 2.05) is 42.5 Å². The number of carbonyl (C=O) groups is 1. The third-order valence-electron chi connectivity index (χ3n) is 5.28. The largest absolute Gasteiger partial charge is 0.497 e. The number of rotatable bonds is 5. The van der Waals surface area contributed by atoms with Gasteiger partial charge in [-0.1, -0.05) is 29.3 Å². The van der Waals surface area contributed by atoms with Crippen LogP contribution in [0.4, 0.5) is 5.69 Å². The van der Waals surface area contributed by atoms with E-state index in [1.54, 1.807) is 30.2 Å². The van der Waals surface area contributed by atoms with Crippen LogP contribution in [0.5, 0.6) is 23.0 Å². The minimum atomic E-state index is -0.763. The molecule has 6 nitrogen and oxygen atoms in total. The molecule has 0 spiro atoms. The number of ether oxygens (including phenoxy) is 4. The molecule has 3 aromatic rings. The average Bonchev–Trinajstić information content (AvgIpc) is 3.25. The average molecular weight is 458 g/mol. The number of fused-ring (bicyclic) bond motifs is 1. The van der Waals surface area contributed by atoms with Crippen LogP contribution in [0.2, 0.25) is 10.0 Å². The second-order valence-corrected chi connectivity index (χ2v) is 7.92. The normalized spacial score (nSPS) is 19.2. The minimum absolute atomic E-state index is 0.172. The summed E-state index contributed by atoms with van der Waals surface area (Å²) in [7, 11) is 1.60. The first kappa shape index (κ1) is 19.8. The maximum atomic E-state index is 13.2. The Hall–Kier alpha value is -3.09. The van der Waals surface area contributed by atoms with E-state index in [0.29, 0.717) is 33.0 Å². The SMILES string of the molecule is COc1ccc(N2C(=O)[C@@H](Oc3ccc(Cl)cc3Cl)[C@H]2c2ccc3c(c2)OCO3)cc1. The predicted octanol–water partition coefficient (Wildman–Crippen LogP) is 5.27. The smallest absolute Gasteiger partial charge is 0.271 e. The lowest BCUT2D eigenvalue weighted by Crippen LogP contribution is -2.61. The molecule has 0 bridgehead atoms. The second-order valence-electron chi connectivity index (χ2n) is 7.08. The highest BCUT2D eigenvalue weighted by atomic mass is 35.5. The number of methoxy groups -OCH3 is 1. The van der Waals surface area contributed by atoms with Gasteiger partial charge in [0, 0.05) is 10.7 Å². The molecule has 31 heavy (non-hydrogen) atoms. The first-order chi connectivity index (χ1) is 15.0. The standard InChI is InChI=1S/C23H17Cl2NO5/c1-28-16-6-4-15(5-7-16)26-21(13-2-8-19-20(10-13)30-12-29-19)22(23(26)27)31-18-9-3-14(24)11-17(18)25/h2-11,21-22H,12H2,1H3/t21-,22+/m1/s1. The summed E-state index contributed by atoms with van der Waals surface area (Å²) in [4.78, 5) is 14.8. The van der Waals surface area contributed by atoms with Crippen molar-refractivity contribution >= 4 is 34.8 Å². The molecule has 1 saturated heterocycles. The van der Waals surface area contributed by atoms with Gasteiger partial charge in [-0.2, -0.15) is 0 Å². The van der Waals surface area contributed by atoms with E-state index in [1.165, 1.54) is 0 Å². The van der Waals surface area contributed by atoms with Crippen molar-refractivity contribution in [1.29, 1.82) is 0 Å². The maximum absolute atomic E-state index is 13.2. The fourth-order valence-corrected chi connectivity index (χ4v) is 4.19. The molecule has 2 aliphatic heterocycles. The van der Waals surface area contributed by atoms with Crippen LogP contribution in [0.1, 0.15) is 11.6 Å². The molecular formula is C23H17Cl2NO5. The van der Waals surface area contributed by atoms with Gasteiger partial charge in [-0.05, 0) is 60.2 Å². The Morgan fingerprint density at radius 2 is 1.74 bits per heavy atom. The predicted molar refractivity (Wildman–Crippen MR) is 117 cm³/mol. The topological polar surface area (TPSA) is 57.2 Å². The molecule has 0 saturated carbocycles. The number of carbonyl (C=O) groups excluding carboxylic acids is 1. The summed E-state index contributed by atoms with van der Waals surface area (Å²) in [5.41, 5.74) is 1.59. The Balaban J connectivity index is 1.51. The van der Waals surface area contributed by atoms with Gasteiger partial charge >= 0.3 is 0 Å². The fraction of sp³-hybridized carbons (Fsp3) is 0.174. The maximum Gasteiger partial charge on any atom is 0.271 e. The van der Waals surface area contributed by atoms with Gasteiger partial charge in [0.15, 0.2) is 11.5 Å². The van der Waals surface area contributed by atoms with E-state index in [4.69, 9.17) is 42.1 Å². The van der Waals surface area contributed by atoms with Gasteiger partial charge in [0.1, 0.15) is 17.5 Å². The zero-order chi connectivity index (χ0) is 21.5. The van der Waals surface area contributed by atoms with Crippen molar-refractivity contribution < 1.29 is 23.7 Å². The summed E-state index contributed by atoms with van der Waals surface area (Å²) in [5, 5.41) is 0.831. The van der Waals surface area contributed by atoms with Crippen LogP contribution >= 0.6 is 23.2 Å². The molecule has 2 atom stereocenters. The van der Waals surface area contributed by atoms with Crippen LogP contribution < -0.4 is 23.8 Å². The lowest BCUT2D eigenvalue weighted by molar-refractivity contribution is -0.135. The molecule has 0 N–H and O–H groups in total. The third-order valence-corrected chi connectivity index (χ3v) is 5.81. The van der Waals surface area contributed by atoms with Crippen LogP contribution in [0.3, 0.4) is 0 Å². The lowest BCUT2D eigenvalue weighted by atomic mass is 9.89. The zero-order valence-electron chi connectivity index (χ0n) is 16.4. The van der Waals surface area contributed by atoms with Crippen molar-refractivity contribution in [1.82, 2.24) is 0 Å². The Morgan fingerprint density at radius 1 is 0.968 bits per heavy atom. The lowest BCUT2D eigenvalue weighted by Gasteiger charge is -2.46. The van der Waals surface area contributed by atoms with Crippen LogP contribution in [-0.4, -0.2) is 25.9 Å². The van der Waals surface area contributed by atoms with Crippen molar-refractivity contribution in [2.45, 2.75) is 12.1 Å². The fourth-order valence-electron chi connectivity index (χ4n) is 3.74. The Bertz CT molecular complexity index is 1150. The highest BCUT2D eigenvalue weighted by Crippen LogP contribution is 2.45. The van der Waals surface area contributed by atoms with Crippen LogP contribution in [-0.2, 0) is 4.79 Å². The number of anilines is 1. The molecule has 3 aromatic carbocycles. The monoisotopic (exact) mass is 457 g/mol. The summed E-state index contributed by atoms with van der Waals surface area (Å²) in [6.07, 6.45) is -0.763. The molecule has 0 radical (unpaired) electrons. The van der Waals surface area contributed by atoms with Crippen LogP contribution in [0, 0.1) is 0 Å². The Morgan fingerprint density at radius 3 is 2.48 bits per heavy atom. The molecule has 0 unspecified atom stereocenters. The van der Waals surface area contributed by atoms with Crippen molar-refractivity contribution in [3.05, 3.63) is 76.3 Å². The zero-order valence-corrected chi connectivity index (χ0v) is 17.9. The molecule has 2 aliphatic rings. The molecule has 1 amide bonds. The number of hydrogen-bond donors (Lipinski definition) is 0. The van der Waals surface area contributed by atoms with Crippen molar-refractivity contribution in [2.75, 3.05) is 18.8 Å². The highest BCUT2D eigenvalue weighted by Gasteiger charge is 2.51. The van der Waals surface area contributed by atoms with E-state index < -0.39 is 6.10 Å². The van der Waals surface area contributed by atoms with E-state index in [0.717, 1.165) is 11.3 Å². The molecule has 158 valence electrons. The summed E-state index contributed by atoms with van der Waals surface area (Å²) in [6, 6.07) is 17.4. The van der Waals surface area contributed by atoms with E-state index in [-0.39, 0.29) is 18.7 Å². The summed E-state index contributed by atoms with van der Waals surface area (Å²) in [5.74, 6) is 2.22. The van der Waals surface area contributed by atoms with Gasteiger partial charge in [-0.3, -0.25) is 9.69 Å². The van der Waals surface area contributed by atoms with E-state index in [2.05, 4.69) is 0 Å². The molecule has 8 heteroatoms. The summed E-state index contributed by atoms with van der Waals surface area (Å²) >= 11 is 12.3. The van der Waals surface area contributed by atoms with Crippen molar-refractivity contribution in [3.63, 3.8) is 0 Å². The van der Waals surface area contributed by atoms with Crippen molar-refractivity contribution in [2.24, 2.45) is 0 Å². The Kier molecular flexibility index (Phi) is 5.04. The molecule has 0 aliphatic carbocycles. The quantitative estimate of drug-likeness (QED) is 0.488. The Labute approximate surface area is 188 Å². The number of amides is 1. The third kappa shape index (κ3) is 3.52. The molecule has 2 heterocycles. The highest BCUT2D eigenvalue weighted by molar-refractivity contribution is 6.35. The number of β-lactam (4-membered cyclic amide) rings is 1. The number of halogens is 2.